The molecule has 0 amide bonds. The molecular weight excluding hydrogens is 260 g/mol. The Morgan fingerprint density at radius 3 is 2.31 bits per heavy atom. The van der Waals surface area contributed by atoms with Crippen LogP contribution in [-0.4, -0.2) is 23.5 Å². The van der Waals surface area contributed by atoms with Crippen molar-refractivity contribution in [3.63, 3.8) is 0 Å². The molecule has 0 bridgehead atoms. The number of hydrogen-bond donors (Lipinski definition) is 2. The first kappa shape index (κ1) is 12.8. The van der Waals surface area contributed by atoms with Gasteiger partial charge in [0.15, 0.2) is 5.75 Å². The van der Waals surface area contributed by atoms with Gasteiger partial charge in [0.2, 0.25) is 0 Å². The third kappa shape index (κ3) is 3.70. The lowest BCUT2D eigenvalue weighted by atomic mass is 10.2. The van der Waals surface area contributed by atoms with Crippen LogP contribution in [0, 0.1) is 0 Å². The summed E-state index contributed by atoms with van der Waals surface area (Å²) >= 11 is -5.36. The van der Waals surface area contributed by atoms with E-state index in [1.807, 2.05) is 0 Å². The van der Waals surface area contributed by atoms with Gasteiger partial charge in [-0.25, -0.2) is 4.79 Å². The van der Waals surface area contributed by atoms with E-state index in [2.05, 4.69) is 8.37 Å². The SMILES string of the molecule is O=C(OS(=O)O)c1ccccc1OS(=O)O. The van der Waals surface area contributed by atoms with Gasteiger partial charge in [-0.15, -0.1) is 0 Å². The van der Waals surface area contributed by atoms with Crippen LogP contribution in [0.25, 0.3) is 0 Å². The first-order valence-corrected chi connectivity index (χ1v) is 5.79. The zero-order chi connectivity index (χ0) is 12.1. The van der Waals surface area contributed by atoms with Crippen molar-refractivity contribution in [2.75, 3.05) is 0 Å². The van der Waals surface area contributed by atoms with Gasteiger partial charge in [0, 0.05) is 0 Å². The van der Waals surface area contributed by atoms with Crippen molar-refractivity contribution in [3.8, 4) is 5.75 Å². The minimum atomic E-state index is -2.76. The van der Waals surface area contributed by atoms with Crippen molar-refractivity contribution >= 4 is 28.7 Å². The van der Waals surface area contributed by atoms with Crippen LogP contribution >= 0.6 is 0 Å². The first-order valence-electron chi connectivity index (χ1n) is 3.72. The lowest BCUT2D eigenvalue weighted by molar-refractivity contribution is 0.0742. The second-order valence-electron chi connectivity index (χ2n) is 2.38. The zero-order valence-electron chi connectivity index (χ0n) is 7.56. The molecule has 0 saturated carbocycles. The van der Waals surface area contributed by atoms with Crippen LogP contribution in [0.4, 0.5) is 0 Å². The van der Waals surface area contributed by atoms with E-state index in [0.29, 0.717) is 0 Å². The Hall–Kier alpha value is -1.29. The molecule has 1 aromatic rings. The normalized spacial score (nSPS) is 13.9. The van der Waals surface area contributed by atoms with Gasteiger partial charge in [-0.3, -0.25) is 9.11 Å². The molecule has 0 aromatic heterocycles. The minimum absolute atomic E-state index is 0.223. The summed E-state index contributed by atoms with van der Waals surface area (Å²) in [7, 11) is 0. The highest BCUT2D eigenvalue weighted by Gasteiger charge is 2.17. The second-order valence-corrected chi connectivity index (χ2v) is 3.59. The third-order valence-corrected chi connectivity index (χ3v) is 2.03. The molecule has 2 N–H and O–H groups in total. The minimum Gasteiger partial charge on any atom is -0.379 e. The summed E-state index contributed by atoms with van der Waals surface area (Å²) in [5, 5.41) is 0. The predicted molar refractivity (Wildman–Crippen MR) is 54.0 cm³/mol. The molecule has 1 aromatic carbocycles. The Morgan fingerprint density at radius 1 is 1.12 bits per heavy atom. The number of carbonyl (C=O) groups excluding carboxylic acids is 1. The largest absolute Gasteiger partial charge is 0.379 e. The van der Waals surface area contributed by atoms with Crippen LogP contribution in [0.5, 0.6) is 5.75 Å². The molecule has 16 heavy (non-hydrogen) atoms. The van der Waals surface area contributed by atoms with Crippen molar-refractivity contribution < 1.29 is 30.7 Å². The van der Waals surface area contributed by atoms with Crippen molar-refractivity contribution in [2.24, 2.45) is 0 Å². The summed E-state index contributed by atoms with van der Waals surface area (Å²) < 4.78 is 45.8. The fraction of sp³-hybridized carbons (Fsp3) is 0. The summed E-state index contributed by atoms with van der Waals surface area (Å²) in [5.74, 6) is -1.36. The van der Waals surface area contributed by atoms with Crippen molar-refractivity contribution in [1.82, 2.24) is 0 Å². The van der Waals surface area contributed by atoms with Gasteiger partial charge in [-0.05, 0) is 12.1 Å². The zero-order valence-corrected chi connectivity index (χ0v) is 9.19. The average molecular weight is 266 g/mol. The summed E-state index contributed by atoms with van der Waals surface area (Å²) in [6.45, 7) is 0. The van der Waals surface area contributed by atoms with Crippen molar-refractivity contribution in [1.29, 1.82) is 0 Å². The Kier molecular flexibility index (Phi) is 4.55. The van der Waals surface area contributed by atoms with Crippen LogP contribution in [0.1, 0.15) is 10.4 Å². The van der Waals surface area contributed by atoms with Gasteiger partial charge in [-0.2, -0.15) is 8.42 Å². The van der Waals surface area contributed by atoms with Gasteiger partial charge in [-0.1, -0.05) is 12.1 Å². The monoisotopic (exact) mass is 266 g/mol. The van der Waals surface area contributed by atoms with E-state index in [1.165, 1.54) is 24.3 Å². The number of benzene rings is 1. The van der Waals surface area contributed by atoms with Gasteiger partial charge in [0.1, 0.15) is 5.56 Å². The standard InChI is InChI=1S/C7H6O7S2/c8-7(14-16(11)12)5-3-1-2-4-6(5)13-15(9)10/h1-4H,(H,9,10)(H,11,12). The number of rotatable bonds is 4. The van der Waals surface area contributed by atoms with Crippen molar-refractivity contribution in [3.05, 3.63) is 29.8 Å². The molecule has 0 aliphatic carbocycles. The maximum Gasteiger partial charge on any atom is 0.360 e. The Balaban J connectivity index is 2.98. The third-order valence-electron chi connectivity index (χ3n) is 1.42. The molecule has 1 rings (SSSR count). The van der Waals surface area contributed by atoms with Crippen LogP contribution in [-0.2, 0) is 26.9 Å². The smallest absolute Gasteiger partial charge is 0.360 e. The maximum absolute atomic E-state index is 11.2. The lowest BCUT2D eigenvalue weighted by Crippen LogP contribution is -2.10. The highest BCUT2D eigenvalue weighted by molar-refractivity contribution is 7.74. The van der Waals surface area contributed by atoms with E-state index in [0.717, 1.165) is 0 Å². The van der Waals surface area contributed by atoms with Crippen LogP contribution in [0.2, 0.25) is 0 Å². The van der Waals surface area contributed by atoms with Gasteiger partial charge in [0.25, 0.3) is 0 Å². The number of para-hydroxylation sites is 1. The molecule has 9 heteroatoms. The van der Waals surface area contributed by atoms with Gasteiger partial charge >= 0.3 is 28.7 Å². The molecule has 0 heterocycles. The Morgan fingerprint density at radius 2 is 1.75 bits per heavy atom. The summed E-state index contributed by atoms with van der Waals surface area (Å²) in [6.07, 6.45) is 0. The predicted octanol–water partition coefficient (Wildman–Crippen LogP) is 0.496. The highest BCUT2D eigenvalue weighted by atomic mass is 32.2. The quantitative estimate of drug-likeness (QED) is 0.763. The fourth-order valence-corrected chi connectivity index (χ4v) is 1.41. The molecule has 0 radical (unpaired) electrons. The molecule has 0 aliphatic heterocycles. The van der Waals surface area contributed by atoms with Gasteiger partial charge in [0.05, 0.1) is 0 Å². The van der Waals surface area contributed by atoms with Crippen LogP contribution in [0.15, 0.2) is 24.3 Å². The van der Waals surface area contributed by atoms with Crippen molar-refractivity contribution in [2.45, 2.75) is 0 Å². The number of hydrogen-bond acceptors (Lipinski definition) is 5. The molecule has 2 unspecified atom stereocenters. The van der Waals surface area contributed by atoms with E-state index in [4.69, 9.17) is 9.11 Å². The fourth-order valence-electron chi connectivity index (χ4n) is 0.894. The molecule has 7 nitrogen and oxygen atoms in total. The Bertz CT molecular complexity index is 444. The molecular formula is C7H6O7S2. The summed E-state index contributed by atoms with van der Waals surface area (Å²) in [6, 6.07) is 5.35. The Labute approximate surface area is 95.4 Å². The lowest BCUT2D eigenvalue weighted by Gasteiger charge is -2.05. The highest BCUT2D eigenvalue weighted by Crippen LogP contribution is 2.19. The topological polar surface area (TPSA) is 110 Å². The molecule has 2 atom stereocenters. The second kappa shape index (κ2) is 5.70. The number of carbonyl (C=O) groups is 1. The maximum atomic E-state index is 11.2. The summed E-state index contributed by atoms with van der Waals surface area (Å²) in [5.41, 5.74) is -0.229. The van der Waals surface area contributed by atoms with E-state index < -0.39 is 28.7 Å². The van der Waals surface area contributed by atoms with E-state index in [1.54, 1.807) is 0 Å². The molecule has 0 saturated heterocycles. The molecule has 0 spiro atoms. The molecule has 0 fully saturated rings. The van der Waals surface area contributed by atoms with Gasteiger partial charge < -0.3 is 8.37 Å². The van der Waals surface area contributed by atoms with E-state index >= 15 is 0 Å². The van der Waals surface area contributed by atoms with E-state index in [9.17, 15) is 13.2 Å². The summed E-state index contributed by atoms with van der Waals surface area (Å²) in [4.78, 5) is 11.2. The van der Waals surface area contributed by atoms with Crippen LogP contribution < -0.4 is 4.18 Å². The first-order chi connectivity index (χ1) is 7.50. The van der Waals surface area contributed by atoms with Crippen LogP contribution in [0.3, 0.4) is 0 Å². The average Bonchev–Trinajstić information content (AvgIpc) is 2.16. The molecule has 0 aliphatic rings. The molecule has 88 valence electrons. The van der Waals surface area contributed by atoms with E-state index in [-0.39, 0.29) is 11.3 Å².